The molecular weight excluding hydrogens is 595 g/mol. The van der Waals surface area contributed by atoms with Gasteiger partial charge in [0.05, 0.1) is 16.1 Å². The molecule has 2 aliphatic carbocycles. The molecule has 43 heavy (non-hydrogen) atoms. The van der Waals surface area contributed by atoms with E-state index in [1.807, 2.05) is 6.92 Å². The third-order valence-electron chi connectivity index (χ3n) is 8.41. The normalized spacial score (nSPS) is 25.9. The Morgan fingerprint density at radius 1 is 0.953 bits per heavy atom. The van der Waals surface area contributed by atoms with Crippen molar-refractivity contribution in [1.82, 2.24) is 0 Å². The number of carbonyl (C=O) groups is 3. The van der Waals surface area contributed by atoms with Gasteiger partial charge in [-0.15, -0.1) is 0 Å². The number of hydrogen-bond donors (Lipinski definition) is 0. The molecule has 5 atom stereocenters. The topological polar surface area (TPSA) is 135 Å². The highest BCUT2D eigenvalue weighted by atomic mass is 32.2. The molecule has 0 spiro atoms. The summed E-state index contributed by atoms with van der Waals surface area (Å²) in [5.41, 5.74) is -2.90. The number of oxime groups is 1. The Hall–Kier alpha value is -3.00. The smallest absolute Gasteiger partial charge is 0.437 e. The molecule has 1 aromatic carbocycles. The number of esters is 2. The van der Waals surface area contributed by atoms with Crippen molar-refractivity contribution >= 4 is 33.7 Å². The van der Waals surface area contributed by atoms with Crippen LogP contribution in [-0.4, -0.2) is 62.3 Å². The fraction of sp³-hybridized carbons (Fsp3) is 0.655. The van der Waals surface area contributed by atoms with Crippen molar-refractivity contribution in [3.8, 4) is 0 Å². The SMILES string of the molecule is CCC(C)(C)C(=O)O/N=C(/c1ccccc1)C(F)(F)F.CCC(C)(C)C(=O)OCC(=O)OC1C2CC3C1OS(=O)(=O)C3C2. The summed E-state index contributed by atoms with van der Waals surface area (Å²) in [6.07, 6.45) is -3.61. The lowest BCUT2D eigenvalue weighted by atomic mass is 9.91. The first-order valence-electron chi connectivity index (χ1n) is 14.0. The van der Waals surface area contributed by atoms with Crippen molar-refractivity contribution in [1.29, 1.82) is 0 Å². The fourth-order valence-electron chi connectivity index (χ4n) is 4.91. The van der Waals surface area contributed by atoms with E-state index in [4.69, 9.17) is 13.7 Å². The highest BCUT2D eigenvalue weighted by molar-refractivity contribution is 7.87. The molecule has 1 heterocycles. The van der Waals surface area contributed by atoms with Crippen molar-refractivity contribution in [2.75, 3.05) is 6.61 Å². The summed E-state index contributed by atoms with van der Waals surface area (Å²) in [6.45, 7) is 9.80. The lowest BCUT2D eigenvalue weighted by Gasteiger charge is -2.25. The van der Waals surface area contributed by atoms with Gasteiger partial charge in [0.15, 0.2) is 12.3 Å². The average molecular weight is 634 g/mol. The Morgan fingerprint density at radius 3 is 2.09 bits per heavy atom. The first-order valence-corrected chi connectivity index (χ1v) is 15.5. The number of halogens is 3. The molecule has 3 aliphatic rings. The lowest BCUT2D eigenvalue weighted by molar-refractivity contribution is -0.171. The summed E-state index contributed by atoms with van der Waals surface area (Å²) in [4.78, 5) is 39.9. The van der Waals surface area contributed by atoms with Crippen LogP contribution in [0.4, 0.5) is 13.2 Å². The van der Waals surface area contributed by atoms with Gasteiger partial charge in [0.2, 0.25) is 0 Å². The highest BCUT2D eigenvalue weighted by Gasteiger charge is 2.65. The van der Waals surface area contributed by atoms with Gasteiger partial charge in [-0.25, -0.2) is 9.59 Å². The van der Waals surface area contributed by atoms with E-state index in [0.717, 1.165) is 0 Å². The average Bonchev–Trinajstić information content (AvgIpc) is 3.56. The number of hydrogen-bond acceptors (Lipinski definition) is 10. The van der Waals surface area contributed by atoms with Crippen LogP contribution in [0.5, 0.6) is 0 Å². The van der Waals surface area contributed by atoms with Gasteiger partial charge in [-0.2, -0.15) is 21.6 Å². The summed E-state index contributed by atoms with van der Waals surface area (Å²) < 4.78 is 77.9. The van der Waals surface area contributed by atoms with E-state index in [2.05, 4.69) is 9.99 Å². The van der Waals surface area contributed by atoms with Crippen molar-refractivity contribution in [2.45, 2.75) is 90.9 Å². The molecular formula is C29H38F3NO9S. The van der Waals surface area contributed by atoms with Crippen LogP contribution in [-0.2, 0) is 43.0 Å². The predicted octanol–water partition coefficient (Wildman–Crippen LogP) is 4.95. The van der Waals surface area contributed by atoms with Crippen LogP contribution in [0.1, 0.15) is 72.8 Å². The van der Waals surface area contributed by atoms with Crippen molar-refractivity contribution < 1.29 is 54.5 Å². The molecule has 2 saturated carbocycles. The number of rotatable bonds is 9. The zero-order valence-corrected chi connectivity index (χ0v) is 25.8. The summed E-state index contributed by atoms with van der Waals surface area (Å²) in [6, 6.07) is 7.00. The van der Waals surface area contributed by atoms with Crippen LogP contribution in [0.2, 0.25) is 0 Å². The molecule has 0 amide bonds. The van der Waals surface area contributed by atoms with E-state index < -0.39 is 74.8 Å². The summed E-state index contributed by atoms with van der Waals surface area (Å²) in [5.74, 6) is -1.97. The Kier molecular flexibility index (Phi) is 10.4. The zero-order valence-electron chi connectivity index (χ0n) is 25.0. The fourth-order valence-corrected chi connectivity index (χ4v) is 6.79. The van der Waals surface area contributed by atoms with E-state index >= 15 is 0 Å². The second kappa shape index (κ2) is 12.9. The van der Waals surface area contributed by atoms with Gasteiger partial charge in [0.1, 0.15) is 12.2 Å². The Labute approximate surface area is 249 Å². The van der Waals surface area contributed by atoms with E-state index in [-0.39, 0.29) is 17.4 Å². The zero-order chi connectivity index (χ0) is 32.4. The van der Waals surface area contributed by atoms with Gasteiger partial charge in [0, 0.05) is 17.4 Å². The second-order valence-corrected chi connectivity index (χ2v) is 14.0. The van der Waals surface area contributed by atoms with Gasteiger partial charge >= 0.3 is 24.1 Å². The number of carbonyl (C=O) groups excluding carboxylic acids is 3. The molecule has 2 bridgehead atoms. The minimum Gasteiger partial charge on any atom is -0.457 e. The quantitative estimate of drug-likeness (QED) is 0.122. The molecule has 0 radical (unpaired) electrons. The number of fused-ring (bicyclic) bond motifs is 1. The maximum atomic E-state index is 12.9. The molecule has 0 N–H and O–H groups in total. The Morgan fingerprint density at radius 2 is 1.53 bits per heavy atom. The molecule has 5 unspecified atom stereocenters. The maximum absolute atomic E-state index is 12.9. The second-order valence-electron chi connectivity index (χ2n) is 12.2. The van der Waals surface area contributed by atoms with Gasteiger partial charge in [0.25, 0.3) is 10.1 Å². The van der Waals surface area contributed by atoms with Crippen LogP contribution >= 0.6 is 0 Å². The van der Waals surface area contributed by atoms with Gasteiger partial charge < -0.3 is 14.3 Å². The van der Waals surface area contributed by atoms with E-state index in [1.54, 1.807) is 40.7 Å². The van der Waals surface area contributed by atoms with Crippen LogP contribution in [0.15, 0.2) is 35.5 Å². The Bertz CT molecular complexity index is 1330. The van der Waals surface area contributed by atoms with Crippen LogP contribution in [0, 0.1) is 22.7 Å². The number of alkyl halides is 3. The van der Waals surface area contributed by atoms with Crippen molar-refractivity contribution in [3.63, 3.8) is 0 Å². The summed E-state index contributed by atoms with van der Waals surface area (Å²) in [5, 5.41) is 2.57. The third kappa shape index (κ3) is 7.94. The number of ether oxygens (including phenoxy) is 2. The van der Waals surface area contributed by atoms with E-state index in [1.165, 1.54) is 24.3 Å². The maximum Gasteiger partial charge on any atom is 0.437 e. The molecule has 1 saturated heterocycles. The first-order chi connectivity index (χ1) is 19.8. The standard InChI is InChI=1S/C15H22O7S.C14H16F3NO2/c1-4-15(2,3)14(17)20-7-11(16)21-12-8-5-9-10(6-8)23(18,19)22-13(9)12;1-4-13(2,3)12(19)20-18-11(14(15,16)17)10-8-6-5-7-9-10/h8-10,12-13H,4-7H2,1-3H3;5-9H,4H2,1-3H3/b;18-11-. The van der Waals surface area contributed by atoms with Crippen molar-refractivity contribution in [2.24, 2.45) is 27.8 Å². The van der Waals surface area contributed by atoms with E-state index in [0.29, 0.717) is 25.7 Å². The largest absolute Gasteiger partial charge is 0.457 e. The lowest BCUT2D eigenvalue weighted by Crippen LogP contribution is -2.38. The van der Waals surface area contributed by atoms with Crippen LogP contribution in [0.25, 0.3) is 0 Å². The number of nitrogens with zero attached hydrogens (tertiary/aromatic N) is 1. The van der Waals surface area contributed by atoms with Crippen molar-refractivity contribution in [3.05, 3.63) is 35.9 Å². The van der Waals surface area contributed by atoms with E-state index in [9.17, 15) is 36.0 Å². The molecule has 10 nitrogen and oxygen atoms in total. The van der Waals surface area contributed by atoms with Gasteiger partial charge in [-0.1, -0.05) is 49.3 Å². The molecule has 240 valence electrons. The third-order valence-corrected chi connectivity index (χ3v) is 10.2. The van der Waals surface area contributed by atoms with Crippen LogP contribution in [0.3, 0.4) is 0 Å². The highest BCUT2D eigenvalue weighted by Crippen LogP contribution is 2.55. The van der Waals surface area contributed by atoms with Crippen LogP contribution < -0.4 is 0 Å². The minimum absolute atomic E-state index is 0.0130. The molecule has 4 rings (SSSR count). The molecule has 3 fully saturated rings. The Balaban J connectivity index is 0.000000238. The van der Waals surface area contributed by atoms with Gasteiger partial charge in [-0.05, 0) is 53.4 Å². The number of benzene rings is 1. The van der Waals surface area contributed by atoms with Gasteiger partial charge in [-0.3, -0.25) is 8.98 Å². The summed E-state index contributed by atoms with van der Waals surface area (Å²) in [7, 11) is -3.53. The minimum atomic E-state index is -4.70. The monoisotopic (exact) mass is 633 g/mol. The molecule has 1 aromatic rings. The summed E-state index contributed by atoms with van der Waals surface area (Å²) >= 11 is 0. The predicted molar refractivity (Wildman–Crippen MR) is 148 cm³/mol. The first kappa shape index (κ1) is 34.5. The molecule has 14 heteroatoms. The molecule has 1 aliphatic heterocycles. The molecule has 0 aromatic heterocycles.